The Morgan fingerprint density at radius 3 is 2.35 bits per heavy atom. The second-order valence-electron chi connectivity index (χ2n) is 6.61. The summed E-state index contributed by atoms with van der Waals surface area (Å²) in [6.07, 6.45) is 1.29. The summed E-state index contributed by atoms with van der Waals surface area (Å²) in [4.78, 5) is 0. The van der Waals surface area contributed by atoms with Gasteiger partial charge in [0.2, 0.25) is 5.36 Å². The first-order valence-electron chi connectivity index (χ1n) is 8.43. The van der Waals surface area contributed by atoms with E-state index in [0.29, 0.717) is 5.92 Å². The van der Waals surface area contributed by atoms with Crippen LogP contribution in [0.25, 0.3) is 22.6 Å². The molecule has 1 aromatic rings. The minimum absolute atomic E-state index is 0.464. The molecule has 0 N–H and O–H groups in total. The van der Waals surface area contributed by atoms with E-state index in [0.717, 1.165) is 30.2 Å². The Labute approximate surface area is 137 Å². The van der Waals surface area contributed by atoms with Gasteiger partial charge in [-0.2, -0.15) is 0 Å². The van der Waals surface area contributed by atoms with Crippen molar-refractivity contribution in [3.63, 3.8) is 0 Å². The first-order chi connectivity index (χ1) is 11.2. The summed E-state index contributed by atoms with van der Waals surface area (Å²) in [5, 5.41) is 1.27. The number of hydrogen-bond donors (Lipinski definition) is 0. The Kier molecular flexibility index (Phi) is 3.53. The Morgan fingerprint density at radius 1 is 0.913 bits per heavy atom. The molecule has 0 radical (unpaired) electrons. The first kappa shape index (κ1) is 14.3. The number of hydrogen-bond acceptors (Lipinski definition) is 1. The zero-order valence-corrected chi connectivity index (χ0v) is 13.8. The van der Waals surface area contributed by atoms with Crippen LogP contribution in [0.15, 0.2) is 59.0 Å². The highest BCUT2D eigenvalue weighted by atomic mass is 16.3. The predicted molar refractivity (Wildman–Crippen MR) is 94.5 cm³/mol. The molecule has 2 heterocycles. The van der Waals surface area contributed by atoms with Gasteiger partial charge >= 0.3 is 0 Å². The first-order valence-corrected chi connectivity index (χ1v) is 8.43. The molecule has 0 amide bonds. The molecule has 2 heteroatoms. The molecule has 0 spiro atoms. The van der Waals surface area contributed by atoms with E-state index in [1.54, 1.807) is 0 Å². The molecule has 1 saturated heterocycles. The van der Waals surface area contributed by atoms with Crippen molar-refractivity contribution in [2.45, 2.75) is 26.2 Å². The largest absolute Gasteiger partial charge is 0.456 e. The fourth-order valence-corrected chi connectivity index (χ4v) is 3.19. The molecule has 0 unspecified atom stereocenters. The van der Waals surface area contributed by atoms with Gasteiger partial charge in [-0.25, -0.2) is 4.58 Å². The van der Waals surface area contributed by atoms with Crippen LogP contribution in [-0.4, -0.2) is 13.1 Å². The summed E-state index contributed by atoms with van der Waals surface area (Å²) in [7, 11) is 0. The third-order valence-electron chi connectivity index (χ3n) is 4.68. The highest BCUT2D eigenvalue weighted by molar-refractivity contribution is 5.69. The van der Waals surface area contributed by atoms with Crippen LogP contribution in [0.1, 0.15) is 31.7 Å². The molecule has 23 heavy (non-hydrogen) atoms. The lowest BCUT2D eigenvalue weighted by Gasteiger charge is -2.17. The van der Waals surface area contributed by atoms with E-state index in [4.69, 9.17) is 4.42 Å². The maximum Gasteiger partial charge on any atom is 0.203 e. The van der Waals surface area contributed by atoms with Gasteiger partial charge in [-0.05, 0) is 23.6 Å². The lowest BCUT2D eigenvalue weighted by molar-refractivity contribution is 0.432. The lowest BCUT2D eigenvalue weighted by Crippen LogP contribution is -2.40. The van der Waals surface area contributed by atoms with Crippen molar-refractivity contribution in [3.8, 4) is 22.6 Å². The zero-order chi connectivity index (χ0) is 15.8. The minimum atomic E-state index is 0.464. The molecule has 2 nitrogen and oxygen atoms in total. The van der Waals surface area contributed by atoms with Crippen molar-refractivity contribution in [1.29, 1.82) is 0 Å². The van der Waals surface area contributed by atoms with Gasteiger partial charge in [0.15, 0.2) is 0 Å². The summed E-state index contributed by atoms with van der Waals surface area (Å²) in [5.74, 6) is 2.40. The highest BCUT2D eigenvalue weighted by Crippen LogP contribution is 2.35. The fraction of sp³-hybridized carbons (Fsp3) is 0.286. The molecule has 0 bridgehead atoms. The van der Waals surface area contributed by atoms with Gasteiger partial charge in [-0.15, -0.1) is 0 Å². The second kappa shape index (κ2) is 5.69. The molecule has 3 aliphatic rings. The van der Waals surface area contributed by atoms with Crippen molar-refractivity contribution in [3.05, 3.63) is 65.5 Å². The molecule has 0 aromatic heterocycles. The van der Waals surface area contributed by atoms with Crippen LogP contribution in [0, 0.1) is 0 Å². The second-order valence-corrected chi connectivity index (χ2v) is 6.61. The molecule has 1 aliphatic carbocycles. The van der Waals surface area contributed by atoms with Crippen LogP contribution in [-0.2, 0) is 0 Å². The standard InChI is InChI=1S/C21H22NO/c1-15(2)19-14-20(16-7-4-3-5-8-16)23-21-13-17(9-10-18(19)21)22-11-6-12-22/h3-5,7-10,13-15H,6,11-12H2,1-2H3/q+1. The molecule has 0 saturated carbocycles. The molecule has 0 atom stereocenters. The van der Waals surface area contributed by atoms with E-state index < -0.39 is 0 Å². The summed E-state index contributed by atoms with van der Waals surface area (Å²) in [5.41, 5.74) is 3.70. The number of rotatable bonds is 2. The van der Waals surface area contributed by atoms with Crippen LogP contribution in [0.2, 0.25) is 0 Å². The Bertz CT molecular complexity index is 868. The van der Waals surface area contributed by atoms with Crippen molar-refractivity contribution in [1.82, 2.24) is 4.58 Å². The van der Waals surface area contributed by atoms with Gasteiger partial charge in [0.25, 0.3) is 0 Å². The van der Waals surface area contributed by atoms with Gasteiger partial charge in [0.05, 0.1) is 12.5 Å². The lowest BCUT2D eigenvalue weighted by atomic mass is 9.94. The fourth-order valence-electron chi connectivity index (χ4n) is 3.19. The molecule has 4 rings (SSSR count). The van der Waals surface area contributed by atoms with Crippen LogP contribution in [0.5, 0.6) is 0 Å². The average molecular weight is 304 g/mol. The third-order valence-corrected chi connectivity index (χ3v) is 4.68. The van der Waals surface area contributed by atoms with E-state index in [-0.39, 0.29) is 0 Å². The molecule has 116 valence electrons. The van der Waals surface area contributed by atoms with Gasteiger partial charge in [-0.1, -0.05) is 44.2 Å². The van der Waals surface area contributed by atoms with Crippen LogP contribution < -0.4 is 9.93 Å². The van der Waals surface area contributed by atoms with Crippen molar-refractivity contribution >= 4 is 0 Å². The van der Waals surface area contributed by atoms with Crippen molar-refractivity contribution in [2.75, 3.05) is 13.1 Å². The highest BCUT2D eigenvalue weighted by Gasteiger charge is 2.20. The van der Waals surface area contributed by atoms with Gasteiger partial charge in [-0.3, -0.25) is 0 Å². The smallest absolute Gasteiger partial charge is 0.203 e. The topological polar surface area (TPSA) is 16.1 Å². The summed E-state index contributed by atoms with van der Waals surface area (Å²) < 4.78 is 8.67. The van der Waals surface area contributed by atoms with Crippen molar-refractivity contribution < 1.29 is 4.42 Å². The maximum atomic E-state index is 6.27. The number of nitrogens with zero attached hydrogens (tertiary/aromatic N) is 1. The summed E-state index contributed by atoms with van der Waals surface area (Å²) in [6, 6.07) is 19.2. The Morgan fingerprint density at radius 2 is 1.70 bits per heavy atom. The molecule has 2 aliphatic heterocycles. The van der Waals surface area contributed by atoms with Crippen molar-refractivity contribution in [2.24, 2.45) is 0 Å². The normalized spacial score (nSPS) is 14.3. The molecular weight excluding hydrogens is 282 g/mol. The maximum absolute atomic E-state index is 6.27. The number of fused-ring (bicyclic) bond motifs is 1. The van der Waals surface area contributed by atoms with E-state index >= 15 is 0 Å². The molecule has 1 fully saturated rings. The van der Waals surface area contributed by atoms with Gasteiger partial charge in [0.1, 0.15) is 24.6 Å². The summed E-state index contributed by atoms with van der Waals surface area (Å²) >= 11 is 0. The monoisotopic (exact) mass is 304 g/mol. The van der Waals surface area contributed by atoms with Gasteiger partial charge in [0, 0.05) is 17.2 Å². The SMILES string of the molecule is CC(C)c1cc(-c2ccccc2)oc2cc(=[N+]3CCC3)ccc1-2. The van der Waals surface area contributed by atoms with E-state index in [2.05, 4.69) is 67.0 Å². The Balaban J connectivity index is 1.97. The van der Waals surface area contributed by atoms with E-state index in [9.17, 15) is 0 Å². The molecular formula is C21H22NO+. The van der Waals surface area contributed by atoms with E-state index in [1.807, 2.05) is 6.07 Å². The van der Waals surface area contributed by atoms with E-state index in [1.165, 1.54) is 22.9 Å². The van der Waals surface area contributed by atoms with Crippen LogP contribution >= 0.6 is 0 Å². The van der Waals surface area contributed by atoms with Crippen LogP contribution in [0.3, 0.4) is 0 Å². The van der Waals surface area contributed by atoms with Crippen LogP contribution in [0.4, 0.5) is 0 Å². The average Bonchev–Trinajstić information content (AvgIpc) is 2.52. The summed E-state index contributed by atoms with van der Waals surface area (Å²) in [6.45, 7) is 6.79. The third kappa shape index (κ3) is 2.59. The number of benzene rings is 2. The van der Waals surface area contributed by atoms with Gasteiger partial charge < -0.3 is 4.42 Å². The zero-order valence-electron chi connectivity index (χ0n) is 13.8. The minimum Gasteiger partial charge on any atom is -0.456 e. The quantitative estimate of drug-likeness (QED) is 0.643. The predicted octanol–water partition coefficient (Wildman–Crippen LogP) is 4.35. The Hall–Kier alpha value is -2.35. The molecule has 1 aromatic carbocycles.